The second kappa shape index (κ2) is 41.9. The molecule has 34 nitrogen and oxygen atoms in total. The first kappa shape index (κ1) is 97.6. The molecule has 6 amide bonds. The van der Waals surface area contributed by atoms with E-state index in [0.29, 0.717) is 74.2 Å². The third kappa shape index (κ3) is 24.6. The molecule has 2 saturated heterocycles. The number of thiazole rings is 2. The van der Waals surface area contributed by atoms with Crippen molar-refractivity contribution in [2.75, 3.05) is 77.3 Å². The van der Waals surface area contributed by atoms with Gasteiger partial charge in [-0.1, -0.05) is 65.3 Å². The maximum absolute atomic E-state index is 14.9. The molecule has 0 radical (unpaired) electrons. The van der Waals surface area contributed by atoms with Gasteiger partial charge in [0.25, 0.3) is 0 Å². The van der Waals surface area contributed by atoms with Crippen molar-refractivity contribution >= 4 is 129 Å². The average molecular weight is 1830 g/mol. The number of nitrogens with one attached hydrogen (secondary N) is 6. The molecule has 6 heterocycles. The molecule has 125 heavy (non-hydrogen) atoms. The van der Waals surface area contributed by atoms with E-state index < -0.39 is 139 Å². The van der Waals surface area contributed by atoms with E-state index in [0.717, 1.165) is 61.6 Å². The standard InChI is InChI=1S/C43H59N6O11PS.C39H53N6O8PS.C4H7ClO3/c1-10-26-21-43(26,61(9,54)58-24-57-41(53)56-11-2)48-37(50)34-19-29(22-49(34)38(51)36(42(5,6)7)47-40(52)60-27-14-12-13-15-27)59-35-20-32(33-23-62-39(46-33)44-25(3)4)45-31-18-28(55-8)16-17-30(31)35;1-9-23-19-39(23,54(8,49)50)44-34(46)31-17-26(20-45(31)35(47)33(38(4,5)6)43-37(48)53-24-12-10-11-13-24)52-32-18-29(30-21-55-36(42-30)40-22(2)3)41-28-16-25(51-7)14-15-27(28)32;1-2-7-4(6)8-3-5/h10,16-18,20,23,25-27,29,34,36H,1,11-15,19,21-22,24H2,2-9H3,(H,44,46)(H,47,52)(H,48,50);9,14-16,18,21-24,26,31,33H,1,10-13,17,19-20H2,2-8H3,(H,40,42)(H,43,48)(H,44,46)(H,49,50);2-3H2,1H3/t26-,29?,34+,36-,43+,61?;23-,26?,31+,33-,39+;/m11./s1. The van der Waals surface area contributed by atoms with Gasteiger partial charge in [-0.05, 0) is 141 Å². The number of alkyl halides is 1. The van der Waals surface area contributed by atoms with Gasteiger partial charge in [-0.2, -0.15) is 0 Å². The summed E-state index contributed by atoms with van der Waals surface area (Å²) in [6.45, 7) is 32.3. The zero-order chi connectivity index (χ0) is 91.3. The van der Waals surface area contributed by atoms with Crippen LogP contribution in [0.1, 0.15) is 160 Å². The fraction of sp³-hybridized carbons (Fsp3) is 0.581. The number of methoxy groups -OCH3 is 2. The lowest BCUT2D eigenvalue weighted by Crippen LogP contribution is -2.58. The number of likely N-dealkylation sites (tertiary alicyclic amines) is 2. The van der Waals surface area contributed by atoms with Crippen LogP contribution in [0.5, 0.6) is 23.0 Å². The number of benzene rings is 2. The van der Waals surface area contributed by atoms with Crippen molar-refractivity contribution < 1.29 is 104 Å². The number of nitrogens with zero attached hydrogens (tertiary/aromatic N) is 6. The molecule has 4 saturated carbocycles. The molecule has 4 aromatic heterocycles. The summed E-state index contributed by atoms with van der Waals surface area (Å²) in [5, 5.41) is 22.0. The van der Waals surface area contributed by atoms with Crippen LogP contribution in [0.2, 0.25) is 0 Å². The van der Waals surface area contributed by atoms with Crippen molar-refractivity contribution in [2.24, 2.45) is 22.7 Å². The van der Waals surface area contributed by atoms with E-state index in [9.17, 15) is 52.4 Å². The van der Waals surface area contributed by atoms with E-state index >= 15 is 0 Å². The normalized spacial score (nSPS) is 22.4. The molecule has 4 aliphatic carbocycles. The van der Waals surface area contributed by atoms with Crippen LogP contribution in [0.15, 0.2) is 84.6 Å². The van der Waals surface area contributed by atoms with Gasteiger partial charge in [-0.3, -0.25) is 32.8 Å². The number of alkyl carbamates (subject to hydrolysis) is 2. The molecular weight excluding hydrogens is 1710 g/mol. The third-order valence-corrected chi connectivity index (χ3v) is 28.8. The number of rotatable bonds is 32. The molecule has 0 bridgehead atoms. The Morgan fingerprint density at radius 1 is 0.584 bits per heavy atom. The number of carbonyl (C=O) groups excluding carboxylic acids is 8. The number of anilines is 2. The van der Waals surface area contributed by atoms with Crippen molar-refractivity contribution in [3.8, 4) is 45.8 Å². The maximum atomic E-state index is 14.9. The molecule has 12 atom stereocenters. The Morgan fingerprint density at radius 3 is 1.34 bits per heavy atom. The summed E-state index contributed by atoms with van der Waals surface area (Å²) in [7, 11) is -4.45. The predicted octanol–water partition coefficient (Wildman–Crippen LogP) is 15.6. The highest BCUT2D eigenvalue weighted by atomic mass is 35.5. The van der Waals surface area contributed by atoms with Crippen LogP contribution in [0.25, 0.3) is 44.6 Å². The van der Waals surface area contributed by atoms with Gasteiger partial charge < -0.3 is 94.0 Å². The summed E-state index contributed by atoms with van der Waals surface area (Å²) in [6, 6.07) is 10.3. The van der Waals surface area contributed by atoms with E-state index in [2.05, 4.69) is 54.5 Å². The molecule has 684 valence electrons. The van der Waals surface area contributed by atoms with Crippen molar-refractivity contribution in [2.45, 2.75) is 231 Å². The first-order chi connectivity index (χ1) is 59.1. The van der Waals surface area contributed by atoms with Crippen LogP contribution >= 0.6 is 49.0 Å². The Hall–Kier alpha value is -9.57. The number of pyridine rings is 2. The Kier molecular flexibility index (Phi) is 32.7. The predicted molar refractivity (Wildman–Crippen MR) is 476 cm³/mol. The first-order valence-electron chi connectivity index (χ1n) is 42.0. The maximum Gasteiger partial charge on any atom is 0.510 e. The monoisotopic (exact) mass is 1830 g/mol. The van der Waals surface area contributed by atoms with Gasteiger partial charge >= 0.3 is 24.5 Å². The highest BCUT2D eigenvalue weighted by molar-refractivity contribution is 7.60. The molecule has 6 aliphatic rings. The second-order valence-electron chi connectivity index (χ2n) is 34.6. The van der Waals surface area contributed by atoms with Gasteiger partial charge in [-0.15, -0.1) is 35.8 Å². The minimum atomic E-state index is -3.83. The van der Waals surface area contributed by atoms with Crippen LogP contribution in [0.4, 0.5) is 29.4 Å². The van der Waals surface area contributed by atoms with Gasteiger partial charge in [0.15, 0.2) is 16.3 Å². The highest BCUT2D eigenvalue weighted by Crippen LogP contribution is 2.71. The zero-order valence-corrected chi connectivity index (χ0v) is 78.0. The van der Waals surface area contributed by atoms with Crippen molar-refractivity contribution in [1.29, 1.82) is 0 Å². The number of hydrogen-bond acceptors (Lipinski definition) is 29. The lowest BCUT2D eigenvalue weighted by Gasteiger charge is -2.36. The van der Waals surface area contributed by atoms with Crippen LogP contribution in [0.3, 0.4) is 0 Å². The van der Waals surface area contributed by atoms with Gasteiger partial charge in [0.1, 0.15) is 93.5 Å². The lowest BCUT2D eigenvalue weighted by atomic mass is 9.85. The zero-order valence-electron chi connectivity index (χ0n) is 73.8. The minimum absolute atomic E-state index is 0.00187. The van der Waals surface area contributed by atoms with Gasteiger partial charge in [0, 0.05) is 95.9 Å². The Balaban J connectivity index is 0.000000241. The molecule has 2 aliphatic heterocycles. The lowest BCUT2D eigenvalue weighted by molar-refractivity contribution is -0.142. The van der Waals surface area contributed by atoms with E-state index in [1.165, 1.54) is 45.8 Å². The Morgan fingerprint density at radius 2 is 0.984 bits per heavy atom. The molecule has 39 heteroatoms. The minimum Gasteiger partial charge on any atom is -0.497 e. The molecule has 6 fully saturated rings. The highest BCUT2D eigenvalue weighted by Gasteiger charge is 2.66. The van der Waals surface area contributed by atoms with Gasteiger partial charge in [-0.25, -0.2) is 39.1 Å². The number of aromatic nitrogens is 4. The van der Waals surface area contributed by atoms with Crippen molar-refractivity contribution in [1.82, 2.24) is 51.0 Å². The fourth-order valence-corrected chi connectivity index (χ4v) is 21.0. The van der Waals surface area contributed by atoms with Crippen LogP contribution in [0, 0.1) is 22.7 Å². The summed E-state index contributed by atoms with van der Waals surface area (Å²) in [5.41, 5.74) is 1.98. The van der Waals surface area contributed by atoms with Gasteiger partial charge in [0.2, 0.25) is 45.2 Å². The largest absolute Gasteiger partial charge is 0.510 e. The van der Waals surface area contributed by atoms with E-state index in [-0.39, 0.29) is 75.7 Å². The van der Waals surface area contributed by atoms with Crippen molar-refractivity contribution in [3.63, 3.8) is 0 Å². The quantitative estimate of drug-likeness (QED) is 0.00515. The Labute approximate surface area is 742 Å². The first-order valence-corrected chi connectivity index (χ1v) is 48.5. The van der Waals surface area contributed by atoms with Crippen LogP contribution < -0.4 is 50.8 Å². The molecular formula is C86H119ClN12O22P2S2. The third-order valence-electron chi connectivity index (χ3n) is 22.4. The summed E-state index contributed by atoms with van der Waals surface area (Å²) in [5.74, 6) is -0.938. The van der Waals surface area contributed by atoms with E-state index in [4.69, 9.17) is 74.0 Å². The number of fused-ring (bicyclic) bond motifs is 2. The molecule has 0 spiro atoms. The SMILES string of the molecule is C=C[C@@H]1C[C@]1(NC(=O)[C@@H]1CC(Oc2cc(-c3csc(NC(C)C)n3)nc3cc(OC)ccc23)CN1C(=O)[C@@H](NC(=O)OC1CCCC1)C(C)(C)C)P(C)(=O)O.C=C[C@@H]1C[C@]1(NC(=O)[C@@H]1CC(Oc2cc(-c3csc(NC(C)C)n3)nc3cc(OC)ccc23)CN1C(=O)[C@@H](NC(=O)OC1CCCC1)C(C)(C)C)P(C)(=O)OCOC(=O)OCC.CCOC(=O)OCCl. The van der Waals surface area contributed by atoms with Crippen LogP contribution in [-0.2, 0) is 61.3 Å². The van der Waals surface area contributed by atoms with E-state index in [1.807, 2.05) is 92.1 Å². The topological polar surface area (TPSA) is 423 Å². The number of ether oxygens (including phenoxy) is 10. The molecule has 2 aromatic carbocycles. The number of amides is 6. The summed E-state index contributed by atoms with van der Waals surface area (Å²) >= 11 is 7.92. The summed E-state index contributed by atoms with van der Waals surface area (Å²) in [4.78, 5) is 140. The number of carbonyl (C=O) groups is 8. The van der Waals surface area contributed by atoms with E-state index in [1.54, 1.807) is 76.6 Å². The second-order valence-corrected chi connectivity index (χ2v) is 41.8. The summed E-state index contributed by atoms with van der Waals surface area (Å²) < 4.78 is 87.1. The van der Waals surface area contributed by atoms with Crippen LogP contribution in [-0.4, -0.2) is 221 Å². The molecule has 6 aromatic rings. The molecule has 4 unspecified atom stereocenters. The number of hydrogen-bond donors (Lipinski definition) is 7. The molecule has 12 rings (SSSR count). The fourth-order valence-electron chi connectivity index (χ4n) is 15.6. The number of halogens is 1. The molecule has 7 N–H and O–H groups in total. The van der Waals surface area contributed by atoms with Crippen molar-refractivity contribution in [3.05, 3.63) is 84.6 Å². The Bertz CT molecular complexity index is 4960. The van der Waals surface area contributed by atoms with Gasteiger partial charge in [0.05, 0.1) is 62.9 Å². The smallest absolute Gasteiger partial charge is 0.497 e. The average Bonchev–Trinajstić information content (AvgIpc) is 1.56. The summed E-state index contributed by atoms with van der Waals surface area (Å²) in [6.07, 6.45) is 5.65.